The van der Waals surface area contributed by atoms with Crippen LogP contribution < -0.4 is 10.1 Å². The summed E-state index contributed by atoms with van der Waals surface area (Å²) in [5.74, 6) is -2.40. The Labute approximate surface area is 203 Å². The largest absolute Gasteiger partial charge is 0.490 e. The van der Waals surface area contributed by atoms with Gasteiger partial charge in [0.2, 0.25) is 0 Å². The third-order valence-corrected chi connectivity index (χ3v) is 6.71. The average Bonchev–Trinajstić information content (AvgIpc) is 2.83. The van der Waals surface area contributed by atoms with Gasteiger partial charge in [0, 0.05) is 47.8 Å². The van der Waals surface area contributed by atoms with Crippen LogP contribution in [0.15, 0.2) is 37.1 Å². The number of halogens is 3. The number of pyridine rings is 1. The number of rotatable bonds is 9. The van der Waals surface area contributed by atoms with Gasteiger partial charge in [-0.1, -0.05) is 13.5 Å². The van der Waals surface area contributed by atoms with Gasteiger partial charge in [-0.05, 0) is 37.6 Å². The number of aromatic nitrogens is 1. The molecule has 0 spiro atoms. The third kappa shape index (κ3) is 5.51. The van der Waals surface area contributed by atoms with Crippen LogP contribution in [0.1, 0.15) is 41.3 Å². The van der Waals surface area contributed by atoms with Gasteiger partial charge in [-0.15, -0.1) is 0 Å². The SMILES string of the molecule is C=CC(F)(F)CN1C2COCC1CC(Oc1c(CC)cnc(Nc3ccc(C=O)cc3F)c1C)C2. The van der Waals surface area contributed by atoms with Crippen molar-refractivity contribution in [2.24, 2.45) is 0 Å². The molecule has 9 heteroatoms. The van der Waals surface area contributed by atoms with Crippen molar-refractivity contribution in [1.82, 2.24) is 9.88 Å². The molecule has 0 saturated carbocycles. The fourth-order valence-electron chi connectivity index (χ4n) is 4.79. The number of aldehydes is 1. The Bertz CT molecular complexity index is 1080. The Hall–Kier alpha value is -2.91. The number of fused-ring (bicyclic) bond motifs is 2. The third-order valence-electron chi connectivity index (χ3n) is 6.71. The fraction of sp³-hybridized carbons (Fsp3) is 0.462. The molecule has 3 heterocycles. The normalized spacial score (nSPS) is 22.5. The van der Waals surface area contributed by atoms with Crippen LogP contribution in [0.25, 0.3) is 0 Å². The second-order valence-corrected chi connectivity index (χ2v) is 9.12. The number of piperidine rings is 1. The second-order valence-electron chi connectivity index (χ2n) is 9.12. The van der Waals surface area contributed by atoms with Crippen molar-refractivity contribution in [2.45, 2.75) is 57.2 Å². The number of hydrogen-bond donors (Lipinski definition) is 1. The van der Waals surface area contributed by atoms with Crippen LogP contribution in [-0.2, 0) is 11.2 Å². The molecule has 2 aliphatic rings. The summed E-state index contributed by atoms with van der Waals surface area (Å²) >= 11 is 0. The first-order valence-electron chi connectivity index (χ1n) is 11.8. The van der Waals surface area contributed by atoms with Gasteiger partial charge in [0.1, 0.15) is 29.8 Å². The number of ether oxygens (including phenoxy) is 2. The fourth-order valence-corrected chi connectivity index (χ4v) is 4.79. The first-order chi connectivity index (χ1) is 16.7. The molecular formula is C26H30F3N3O3. The van der Waals surface area contributed by atoms with Crippen molar-refractivity contribution in [2.75, 3.05) is 25.1 Å². The van der Waals surface area contributed by atoms with Crippen molar-refractivity contribution in [3.63, 3.8) is 0 Å². The summed E-state index contributed by atoms with van der Waals surface area (Å²) in [6.45, 7) is 7.49. The first-order valence-corrected chi connectivity index (χ1v) is 11.8. The monoisotopic (exact) mass is 489 g/mol. The summed E-state index contributed by atoms with van der Waals surface area (Å²) < 4.78 is 54.7. The van der Waals surface area contributed by atoms with E-state index in [0.29, 0.717) is 56.4 Å². The minimum Gasteiger partial charge on any atom is -0.490 e. The maximum absolute atomic E-state index is 14.4. The highest BCUT2D eigenvalue weighted by Gasteiger charge is 2.44. The van der Waals surface area contributed by atoms with Crippen molar-refractivity contribution < 1.29 is 27.4 Å². The molecule has 2 aliphatic heterocycles. The Balaban J connectivity index is 1.54. The van der Waals surface area contributed by atoms with E-state index < -0.39 is 11.7 Å². The molecule has 4 rings (SSSR count). The Morgan fingerprint density at radius 3 is 2.63 bits per heavy atom. The van der Waals surface area contributed by atoms with Gasteiger partial charge in [0.25, 0.3) is 5.92 Å². The highest BCUT2D eigenvalue weighted by Crippen LogP contribution is 2.36. The number of aryl methyl sites for hydroxylation is 1. The zero-order chi connectivity index (χ0) is 25.2. The van der Waals surface area contributed by atoms with Gasteiger partial charge in [-0.25, -0.2) is 18.2 Å². The van der Waals surface area contributed by atoms with Crippen LogP contribution >= 0.6 is 0 Å². The minimum absolute atomic E-state index is 0.173. The molecule has 2 bridgehead atoms. The molecule has 2 unspecified atom stereocenters. The van der Waals surface area contributed by atoms with E-state index in [1.807, 2.05) is 18.7 Å². The van der Waals surface area contributed by atoms with E-state index in [0.717, 1.165) is 17.2 Å². The standard InChI is InChI=1S/C26H30F3N3O3/c1-4-18-11-30-25(31-23-7-6-17(12-33)8-22(23)27)16(3)24(18)35-21-9-19-13-34-14-20(10-21)32(19)15-26(28,29)5-2/h5-8,11-12,19-21H,2,4,9-10,13-15H2,1,3H3,(H,30,31). The zero-order valence-electron chi connectivity index (χ0n) is 19.9. The van der Waals surface area contributed by atoms with E-state index in [-0.39, 0.29) is 36.0 Å². The number of nitrogens with zero attached hydrogens (tertiary/aromatic N) is 2. The van der Waals surface area contributed by atoms with Crippen LogP contribution in [0.5, 0.6) is 5.75 Å². The number of alkyl halides is 2. The lowest BCUT2D eigenvalue weighted by Crippen LogP contribution is -2.61. The number of carbonyl (C=O) groups excluding carboxylic acids is 1. The number of benzene rings is 1. The molecule has 2 atom stereocenters. The van der Waals surface area contributed by atoms with Crippen molar-refractivity contribution in [3.8, 4) is 5.75 Å². The van der Waals surface area contributed by atoms with E-state index in [2.05, 4.69) is 16.9 Å². The molecule has 0 amide bonds. The molecular weight excluding hydrogens is 459 g/mol. The molecule has 0 aliphatic carbocycles. The number of anilines is 2. The first kappa shape index (κ1) is 25.2. The molecule has 2 aromatic rings. The lowest BCUT2D eigenvalue weighted by atomic mass is 9.91. The van der Waals surface area contributed by atoms with Gasteiger partial charge < -0.3 is 14.8 Å². The predicted octanol–water partition coefficient (Wildman–Crippen LogP) is 5.08. The molecule has 0 radical (unpaired) electrons. The van der Waals surface area contributed by atoms with Crippen LogP contribution in [0.2, 0.25) is 0 Å². The van der Waals surface area contributed by atoms with Gasteiger partial charge in [0.15, 0.2) is 0 Å². The number of nitrogens with one attached hydrogen (secondary N) is 1. The summed E-state index contributed by atoms with van der Waals surface area (Å²) in [4.78, 5) is 17.2. The summed E-state index contributed by atoms with van der Waals surface area (Å²) in [7, 11) is 0. The van der Waals surface area contributed by atoms with E-state index in [1.165, 1.54) is 12.1 Å². The molecule has 1 aromatic heterocycles. The van der Waals surface area contributed by atoms with Gasteiger partial charge in [0.05, 0.1) is 25.4 Å². The van der Waals surface area contributed by atoms with Crippen LogP contribution in [0.3, 0.4) is 0 Å². The molecule has 1 aromatic carbocycles. The zero-order valence-corrected chi connectivity index (χ0v) is 19.9. The predicted molar refractivity (Wildman–Crippen MR) is 127 cm³/mol. The molecule has 35 heavy (non-hydrogen) atoms. The number of carbonyl (C=O) groups is 1. The maximum Gasteiger partial charge on any atom is 0.278 e. The molecule has 2 saturated heterocycles. The van der Waals surface area contributed by atoms with E-state index in [4.69, 9.17) is 9.47 Å². The van der Waals surface area contributed by atoms with Crippen molar-refractivity contribution in [1.29, 1.82) is 0 Å². The quantitative estimate of drug-likeness (QED) is 0.392. The van der Waals surface area contributed by atoms with Crippen LogP contribution in [0, 0.1) is 12.7 Å². The Kier molecular flexibility index (Phi) is 7.47. The van der Waals surface area contributed by atoms with E-state index in [1.54, 1.807) is 6.20 Å². The van der Waals surface area contributed by atoms with Gasteiger partial charge in [-0.3, -0.25) is 9.69 Å². The van der Waals surface area contributed by atoms with E-state index >= 15 is 0 Å². The Morgan fingerprint density at radius 2 is 2.03 bits per heavy atom. The van der Waals surface area contributed by atoms with Crippen LogP contribution in [0.4, 0.5) is 24.7 Å². The summed E-state index contributed by atoms with van der Waals surface area (Å²) in [5, 5.41) is 3.00. The lowest BCUT2D eigenvalue weighted by Gasteiger charge is -2.49. The Morgan fingerprint density at radius 1 is 1.31 bits per heavy atom. The van der Waals surface area contributed by atoms with E-state index in [9.17, 15) is 18.0 Å². The smallest absolute Gasteiger partial charge is 0.278 e. The number of morpholine rings is 1. The van der Waals surface area contributed by atoms with Crippen LogP contribution in [-0.4, -0.2) is 60.0 Å². The topological polar surface area (TPSA) is 63.7 Å². The summed E-state index contributed by atoms with van der Waals surface area (Å²) in [6, 6.07) is 3.83. The average molecular weight is 490 g/mol. The molecule has 2 fully saturated rings. The molecule has 1 N–H and O–H groups in total. The molecule has 188 valence electrons. The molecule has 6 nitrogen and oxygen atoms in total. The summed E-state index contributed by atoms with van der Waals surface area (Å²) in [6.07, 6.45) is 4.61. The van der Waals surface area contributed by atoms with Gasteiger partial charge >= 0.3 is 0 Å². The highest BCUT2D eigenvalue weighted by molar-refractivity contribution is 5.76. The number of hydrogen-bond acceptors (Lipinski definition) is 6. The minimum atomic E-state index is -2.96. The maximum atomic E-state index is 14.4. The van der Waals surface area contributed by atoms with Crippen molar-refractivity contribution >= 4 is 17.8 Å². The lowest BCUT2D eigenvalue weighted by molar-refractivity contribution is -0.126. The second kappa shape index (κ2) is 10.4. The van der Waals surface area contributed by atoms with Crippen molar-refractivity contribution in [3.05, 3.63) is 59.6 Å². The summed E-state index contributed by atoms with van der Waals surface area (Å²) in [5.41, 5.74) is 2.08. The highest BCUT2D eigenvalue weighted by atomic mass is 19.3. The van der Waals surface area contributed by atoms with Gasteiger partial charge in [-0.2, -0.15) is 0 Å².